The van der Waals surface area contributed by atoms with E-state index in [9.17, 15) is 4.79 Å². The van der Waals surface area contributed by atoms with Crippen molar-refractivity contribution in [3.8, 4) is 11.1 Å². The first-order valence-corrected chi connectivity index (χ1v) is 12.6. The molecule has 0 unspecified atom stereocenters. The Morgan fingerprint density at radius 2 is 1.47 bits per heavy atom. The largest absolute Gasteiger partial charge is 0.349 e. The van der Waals surface area contributed by atoms with Crippen LogP contribution >= 0.6 is 0 Å². The molecule has 4 heteroatoms. The van der Waals surface area contributed by atoms with Crippen LogP contribution in [0.25, 0.3) is 22.2 Å². The number of unbranched alkanes of at least 4 members (excludes halogenated alkanes) is 5. The maximum atomic E-state index is 12.7. The molecule has 1 N–H and O–H groups in total. The summed E-state index contributed by atoms with van der Waals surface area (Å²) in [5, 5.41) is 3.09. The fourth-order valence-corrected chi connectivity index (χ4v) is 4.43. The number of carbonyl (C=O) groups is 1. The van der Waals surface area contributed by atoms with Crippen LogP contribution in [0.3, 0.4) is 0 Å². The van der Waals surface area contributed by atoms with E-state index in [-0.39, 0.29) is 5.91 Å². The van der Waals surface area contributed by atoms with E-state index in [1.165, 1.54) is 37.7 Å². The molecule has 1 heterocycles. The molecule has 0 fully saturated rings. The molecule has 3 aromatic carbocycles. The monoisotopic (exact) mass is 453 g/mol. The van der Waals surface area contributed by atoms with Crippen molar-refractivity contribution in [1.82, 2.24) is 14.9 Å². The van der Waals surface area contributed by atoms with Gasteiger partial charge < -0.3 is 9.88 Å². The Bertz CT molecular complexity index is 1180. The predicted octanol–water partition coefficient (Wildman–Crippen LogP) is 6.92. The molecule has 4 rings (SSSR count). The Morgan fingerprint density at radius 3 is 2.26 bits per heavy atom. The van der Waals surface area contributed by atoms with Crippen molar-refractivity contribution in [2.45, 2.75) is 65.0 Å². The minimum Gasteiger partial charge on any atom is -0.349 e. The van der Waals surface area contributed by atoms with Gasteiger partial charge in [-0.1, -0.05) is 106 Å². The zero-order valence-corrected chi connectivity index (χ0v) is 20.2. The summed E-state index contributed by atoms with van der Waals surface area (Å²) in [6, 6.07) is 26.8. The molecule has 0 saturated carbocycles. The lowest BCUT2D eigenvalue weighted by atomic mass is 10.0. The van der Waals surface area contributed by atoms with E-state index in [4.69, 9.17) is 4.98 Å². The predicted molar refractivity (Wildman–Crippen MR) is 141 cm³/mol. The highest BCUT2D eigenvalue weighted by Crippen LogP contribution is 2.20. The third kappa shape index (κ3) is 6.34. The summed E-state index contributed by atoms with van der Waals surface area (Å²) in [5.74, 6) is 0.952. The van der Waals surface area contributed by atoms with Crippen LogP contribution < -0.4 is 5.32 Å². The molecule has 0 bridgehead atoms. The van der Waals surface area contributed by atoms with Crippen LogP contribution in [0.2, 0.25) is 0 Å². The number of para-hydroxylation sites is 2. The number of nitrogens with one attached hydrogen (secondary N) is 1. The van der Waals surface area contributed by atoms with Crippen molar-refractivity contribution in [3.05, 3.63) is 90.3 Å². The summed E-state index contributed by atoms with van der Waals surface area (Å²) < 4.78 is 2.28. The summed E-state index contributed by atoms with van der Waals surface area (Å²) >= 11 is 0. The van der Waals surface area contributed by atoms with Crippen LogP contribution in [0.5, 0.6) is 0 Å². The molecule has 1 aromatic heterocycles. The topological polar surface area (TPSA) is 46.9 Å². The van der Waals surface area contributed by atoms with Gasteiger partial charge in [-0.05, 0) is 35.2 Å². The Balaban J connectivity index is 1.34. The normalized spacial score (nSPS) is 11.1. The smallest absolute Gasteiger partial charge is 0.224 e. The van der Waals surface area contributed by atoms with Crippen LogP contribution in [0, 0.1) is 0 Å². The second-order valence-electron chi connectivity index (χ2n) is 8.95. The minimum absolute atomic E-state index is 0.0191. The average molecular weight is 454 g/mol. The lowest BCUT2D eigenvalue weighted by molar-refractivity contribution is -0.120. The van der Waals surface area contributed by atoms with E-state index < -0.39 is 0 Å². The van der Waals surface area contributed by atoms with Gasteiger partial charge in [0.1, 0.15) is 5.82 Å². The maximum Gasteiger partial charge on any atom is 0.224 e. The van der Waals surface area contributed by atoms with Gasteiger partial charge in [0.25, 0.3) is 0 Å². The number of aromatic nitrogens is 2. The molecule has 176 valence electrons. The average Bonchev–Trinajstić information content (AvgIpc) is 3.23. The minimum atomic E-state index is 0.0191. The van der Waals surface area contributed by atoms with Gasteiger partial charge in [-0.2, -0.15) is 0 Å². The second-order valence-corrected chi connectivity index (χ2v) is 8.95. The Hall–Kier alpha value is -3.40. The van der Waals surface area contributed by atoms with Crippen molar-refractivity contribution in [3.63, 3.8) is 0 Å². The van der Waals surface area contributed by atoms with Gasteiger partial charge in [0.15, 0.2) is 0 Å². The molecular formula is C30H35N3O. The fourth-order valence-electron chi connectivity index (χ4n) is 4.43. The molecule has 4 nitrogen and oxygen atoms in total. The highest BCUT2D eigenvalue weighted by Gasteiger charge is 2.12. The molecule has 0 atom stereocenters. The molecule has 1 amide bonds. The molecule has 0 spiro atoms. The Labute approximate surface area is 203 Å². The molecule has 0 aliphatic rings. The number of carbonyl (C=O) groups excluding carboxylic acids is 1. The number of amides is 1. The molecule has 0 aliphatic heterocycles. The van der Waals surface area contributed by atoms with Crippen molar-refractivity contribution in [2.24, 2.45) is 0 Å². The third-order valence-electron chi connectivity index (χ3n) is 6.34. The first-order valence-electron chi connectivity index (χ1n) is 12.6. The number of aryl methyl sites for hydroxylation is 1. The zero-order chi connectivity index (χ0) is 23.6. The Kier molecular flexibility index (Phi) is 8.50. The summed E-state index contributed by atoms with van der Waals surface area (Å²) in [5.41, 5.74) is 5.50. The van der Waals surface area contributed by atoms with Gasteiger partial charge in [0, 0.05) is 6.54 Å². The standard InChI is InChI=1S/C30H35N3O/c1-2-3-4-5-6-12-21-33-28-16-11-10-15-27(28)32-29(33)23-31-30(34)22-24-17-19-26(20-18-24)25-13-8-7-9-14-25/h7-11,13-20H,2-6,12,21-23H2,1H3,(H,31,34). The van der Waals surface area contributed by atoms with Crippen LogP contribution in [0.1, 0.15) is 56.8 Å². The van der Waals surface area contributed by atoms with Gasteiger partial charge in [0.2, 0.25) is 5.91 Å². The third-order valence-corrected chi connectivity index (χ3v) is 6.34. The highest BCUT2D eigenvalue weighted by atomic mass is 16.1. The molecular weight excluding hydrogens is 418 g/mol. The van der Waals surface area contributed by atoms with Crippen molar-refractivity contribution >= 4 is 16.9 Å². The molecule has 34 heavy (non-hydrogen) atoms. The molecule has 0 aliphatic carbocycles. The van der Waals surface area contributed by atoms with Gasteiger partial charge in [-0.3, -0.25) is 4.79 Å². The SMILES string of the molecule is CCCCCCCCn1c(CNC(=O)Cc2ccc(-c3ccccc3)cc2)nc2ccccc21. The van der Waals surface area contributed by atoms with Gasteiger partial charge in [-0.25, -0.2) is 4.98 Å². The van der Waals surface area contributed by atoms with Crippen LogP contribution in [0.15, 0.2) is 78.9 Å². The maximum absolute atomic E-state index is 12.7. The van der Waals surface area contributed by atoms with Gasteiger partial charge in [-0.15, -0.1) is 0 Å². The van der Waals surface area contributed by atoms with E-state index >= 15 is 0 Å². The van der Waals surface area contributed by atoms with Crippen LogP contribution in [0.4, 0.5) is 0 Å². The molecule has 0 saturated heterocycles. The first-order chi connectivity index (χ1) is 16.7. The quantitative estimate of drug-likeness (QED) is 0.237. The van der Waals surface area contributed by atoms with Crippen LogP contribution in [-0.2, 0) is 24.3 Å². The number of rotatable bonds is 12. The van der Waals surface area contributed by atoms with E-state index in [2.05, 4.69) is 53.2 Å². The number of nitrogens with zero attached hydrogens (tertiary/aromatic N) is 2. The van der Waals surface area contributed by atoms with Gasteiger partial charge in [0.05, 0.1) is 24.0 Å². The van der Waals surface area contributed by atoms with Gasteiger partial charge >= 0.3 is 0 Å². The summed E-state index contributed by atoms with van der Waals surface area (Å²) in [6.07, 6.45) is 7.93. The number of hydrogen-bond donors (Lipinski definition) is 1. The number of benzene rings is 3. The van der Waals surface area contributed by atoms with E-state index in [0.29, 0.717) is 13.0 Å². The number of imidazole rings is 1. The highest BCUT2D eigenvalue weighted by molar-refractivity contribution is 5.79. The summed E-state index contributed by atoms with van der Waals surface area (Å²) in [7, 11) is 0. The van der Waals surface area contributed by atoms with Crippen molar-refractivity contribution in [1.29, 1.82) is 0 Å². The van der Waals surface area contributed by atoms with Crippen molar-refractivity contribution < 1.29 is 4.79 Å². The van der Waals surface area contributed by atoms with E-state index in [0.717, 1.165) is 41.0 Å². The number of fused-ring (bicyclic) bond motifs is 1. The molecule has 0 radical (unpaired) electrons. The lowest BCUT2D eigenvalue weighted by Gasteiger charge is -2.11. The Morgan fingerprint density at radius 1 is 0.794 bits per heavy atom. The second kappa shape index (κ2) is 12.2. The summed E-state index contributed by atoms with van der Waals surface area (Å²) in [6.45, 7) is 3.64. The van der Waals surface area contributed by atoms with E-state index in [1.807, 2.05) is 42.5 Å². The molecule has 4 aromatic rings. The number of hydrogen-bond acceptors (Lipinski definition) is 2. The zero-order valence-electron chi connectivity index (χ0n) is 20.2. The lowest BCUT2D eigenvalue weighted by Crippen LogP contribution is -2.26. The van der Waals surface area contributed by atoms with E-state index in [1.54, 1.807) is 0 Å². The summed E-state index contributed by atoms with van der Waals surface area (Å²) in [4.78, 5) is 17.5. The first kappa shape index (κ1) is 23.7. The van der Waals surface area contributed by atoms with Crippen LogP contribution in [-0.4, -0.2) is 15.5 Å². The fraction of sp³-hybridized carbons (Fsp3) is 0.333. The van der Waals surface area contributed by atoms with Crippen molar-refractivity contribution in [2.75, 3.05) is 0 Å².